The van der Waals surface area contributed by atoms with Crippen LogP contribution in [0.15, 0.2) is 16.0 Å². The number of nitrogens with one attached hydrogen (secondary N) is 2. The molecule has 0 aromatic carbocycles. The lowest BCUT2D eigenvalue weighted by Crippen LogP contribution is -2.20. The van der Waals surface area contributed by atoms with Crippen LogP contribution in [0.2, 0.25) is 0 Å². The largest absolute Gasteiger partial charge is 0.383 e. The summed E-state index contributed by atoms with van der Waals surface area (Å²) in [6.07, 6.45) is 2.90. The zero-order valence-electron chi connectivity index (χ0n) is 11.7. The van der Waals surface area contributed by atoms with Gasteiger partial charge in [-0.1, -0.05) is 25.1 Å². The molecule has 2 N–H and O–H groups in total. The molecule has 108 valence electrons. The average molecular weight is 285 g/mol. The molecule has 19 heavy (non-hydrogen) atoms. The van der Waals surface area contributed by atoms with Gasteiger partial charge in [-0.2, -0.15) is 0 Å². The van der Waals surface area contributed by atoms with E-state index in [-0.39, 0.29) is 5.56 Å². The Morgan fingerprint density at radius 2 is 2.32 bits per heavy atom. The molecule has 0 spiro atoms. The molecular weight excluding hydrogens is 262 g/mol. The van der Waals surface area contributed by atoms with Gasteiger partial charge in [-0.3, -0.25) is 4.79 Å². The molecule has 1 heterocycles. The number of hydrogen-bond donors (Lipinski definition) is 2. The van der Waals surface area contributed by atoms with E-state index in [1.807, 2.05) is 0 Å². The van der Waals surface area contributed by atoms with E-state index in [4.69, 9.17) is 4.74 Å². The van der Waals surface area contributed by atoms with Crippen LogP contribution >= 0.6 is 11.8 Å². The topological polar surface area (TPSA) is 67.0 Å². The van der Waals surface area contributed by atoms with E-state index < -0.39 is 0 Å². The van der Waals surface area contributed by atoms with Crippen molar-refractivity contribution in [3.8, 4) is 0 Å². The van der Waals surface area contributed by atoms with E-state index in [0.717, 1.165) is 55.6 Å². The number of aryl methyl sites for hydroxylation is 1. The summed E-state index contributed by atoms with van der Waals surface area (Å²) in [4.78, 5) is 18.7. The lowest BCUT2D eigenvalue weighted by molar-refractivity contribution is 0.199. The Kier molecular flexibility index (Phi) is 8.53. The fraction of sp³-hybridized carbons (Fsp3) is 0.692. The third kappa shape index (κ3) is 7.34. The maximum Gasteiger partial charge on any atom is 0.251 e. The van der Waals surface area contributed by atoms with Gasteiger partial charge in [0.05, 0.1) is 6.61 Å². The highest BCUT2D eigenvalue weighted by Gasteiger charge is 2.01. The molecule has 5 nitrogen and oxygen atoms in total. The first kappa shape index (κ1) is 16.2. The van der Waals surface area contributed by atoms with E-state index in [0.29, 0.717) is 0 Å². The number of nitrogens with zero attached hydrogens (tertiary/aromatic N) is 1. The van der Waals surface area contributed by atoms with Crippen LogP contribution in [0.4, 0.5) is 0 Å². The second-order valence-corrected chi connectivity index (χ2v) is 5.32. The highest BCUT2D eigenvalue weighted by molar-refractivity contribution is 7.99. The molecule has 0 aliphatic rings. The van der Waals surface area contributed by atoms with Crippen molar-refractivity contribution in [3.05, 3.63) is 22.1 Å². The Morgan fingerprint density at radius 1 is 1.47 bits per heavy atom. The molecular formula is C13H23N3O2S. The third-order valence-electron chi connectivity index (χ3n) is 2.50. The normalized spacial score (nSPS) is 10.8. The minimum atomic E-state index is -0.0563. The number of rotatable bonds is 10. The Balaban J connectivity index is 2.27. The monoisotopic (exact) mass is 285 g/mol. The predicted octanol–water partition coefficient (Wildman–Crippen LogP) is 1.44. The van der Waals surface area contributed by atoms with Gasteiger partial charge in [0, 0.05) is 31.2 Å². The summed E-state index contributed by atoms with van der Waals surface area (Å²) in [5.41, 5.74) is 0.825. The van der Waals surface area contributed by atoms with Crippen LogP contribution in [-0.2, 0) is 11.2 Å². The maximum absolute atomic E-state index is 11.5. The molecule has 0 saturated carbocycles. The second kappa shape index (κ2) is 10.00. The fourth-order valence-corrected chi connectivity index (χ4v) is 2.44. The van der Waals surface area contributed by atoms with E-state index in [1.54, 1.807) is 24.9 Å². The number of hydrogen-bond acceptors (Lipinski definition) is 5. The highest BCUT2D eigenvalue weighted by atomic mass is 32.2. The maximum atomic E-state index is 11.5. The number of ether oxygens (including phenoxy) is 1. The third-order valence-corrected chi connectivity index (χ3v) is 3.46. The SMILES string of the molecule is CCCc1cc(=O)[nH]c(SCCCNCCOC)n1. The minimum Gasteiger partial charge on any atom is -0.383 e. The molecule has 0 radical (unpaired) electrons. The van der Waals surface area contributed by atoms with Crippen LogP contribution < -0.4 is 10.9 Å². The van der Waals surface area contributed by atoms with Gasteiger partial charge in [-0.25, -0.2) is 4.98 Å². The molecule has 0 aliphatic heterocycles. The van der Waals surface area contributed by atoms with Gasteiger partial charge in [-0.15, -0.1) is 0 Å². The first-order valence-corrected chi connectivity index (χ1v) is 7.67. The molecule has 1 rings (SSSR count). The molecule has 6 heteroatoms. The van der Waals surface area contributed by atoms with Gasteiger partial charge >= 0.3 is 0 Å². The standard InChI is InChI=1S/C13H23N3O2S/c1-3-5-11-10-12(17)16-13(15-11)19-9-4-6-14-7-8-18-2/h10,14H,3-9H2,1-2H3,(H,15,16,17). The van der Waals surface area contributed by atoms with E-state index in [1.165, 1.54) is 0 Å². The summed E-state index contributed by atoms with van der Waals surface area (Å²) < 4.78 is 4.95. The number of thioether (sulfide) groups is 1. The molecule has 0 saturated heterocycles. The quantitative estimate of drug-likeness (QED) is 0.387. The summed E-state index contributed by atoms with van der Waals surface area (Å²) in [6.45, 7) is 4.65. The number of H-pyrrole nitrogens is 1. The summed E-state index contributed by atoms with van der Waals surface area (Å²) in [5, 5.41) is 4.01. The Bertz CT molecular complexity index is 409. The van der Waals surface area contributed by atoms with E-state index >= 15 is 0 Å². The van der Waals surface area contributed by atoms with Crippen LogP contribution in [0.1, 0.15) is 25.5 Å². The van der Waals surface area contributed by atoms with Gasteiger partial charge in [0.15, 0.2) is 5.16 Å². The molecule has 1 aromatic rings. The first-order valence-electron chi connectivity index (χ1n) is 6.69. The van der Waals surface area contributed by atoms with Crippen molar-refractivity contribution in [3.63, 3.8) is 0 Å². The molecule has 0 unspecified atom stereocenters. The highest BCUT2D eigenvalue weighted by Crippen LogP contribution is 2.12. The predicted molar refractivity (Wildman–Crippen MR) is 78.9 cm³/mol. The van der Waals surface area contributed by atoms with Crippen LogP contribution in [0, 0.1) is 0 Å². The van der Waals surface area contributed by atoms with Gasteiger partial charge in [-0.05, 0) is 19.4 Å². The number of aromatic nitrogens is 2. The van der Waals surface area contributed by atoms with E-state index in [2.05, 4.69) is 22.2 Å². The first-order chi connectivity index (χ1) is 9.26. The van der Waals surface area contributed by atoms with Gasteiger partial charge in [0.25, 0.3) is 5.56 Å². The molecule has 0 atom stereocenters. The zero-order valence-corrected chi connectivity index (χ0v) is 12.5. The van der Waals surface area contributed by atoms with Crippen LogP contribution in [0.3, 0.4) is 0 Å². The van der Waals surface area contributed by atoms with Gasteiger partial charge in [0.1, 0.15) is 0 Å². The summed E-state index contributed by atoms with van der Waals surface area (Å²) >= 11 is 1.60. The van der Waals surface area contributed by atoms with Crippen LogP contribution in [0.25, 0.3) is 0 Å². The second-order valence-electron chi connectivity index (χ2n) is 4.24. The number of aromatic amines is 1. The van der Waals surface area contributed by atoms with Crippen molar-refractivity contribution in [1.29, 1.82) is 0 Å². The van der Waals surface area contributed by atoms with Crippen molar-refractivity contribution < 1.29 is 4.74 Å². The van der Waals surface area contributed by atoms with Crippen LogP contribution in [-0.4, -0.2) is 42.5 Å². The van der Waals surface area contributed by atoms with Crippen molar-refractivity contribution in [1.82, 2.24) is 15.3 Å². The van der Waals surface area contributed by atoms with Crippen molar-refractivity contribution in [2.45, 2.75) is 31.3 Å². The smallest absolute Gasteiger partial charge is 0.251 e. The lowest BCUT2D eigenvalue weighted by atomic mass is 10.2. The van der Waals surface area contributed by atoms with Crippen molar-refractivity contribution >= 4 is 11.8 Å². The fourth-order valence-electron chi connectivity index (χ4n) is 1.60. The summed E-state index contributed by atoms with van der Waals surface area (Å²) in [7, 11) is 1.70. The lowest BCUT2D eigenvalue weighted by Gasteiger charge is -2.05. The zero-order chi connectivity index (χ0) is 13.9. The van der Waals surface area contributed by atoms with E-state index in [9.17, 15) is 4.79 Å². The van der Waals surface area contributed by atoms with Crippen LogP contribution in [0.5, 0.6) is 0 Å². The molecule has 0 aliphatic carbocycles. The number of methoxy groups -OCH3 is 1. The Hall–Kier alpha value is -0.850. The summed E-state index contributed by atoms with van der Waals surface area (Å²) in [5.74, 6) is 0.943. The average Bonchev–Trinajstić information content (AvgIpc) is 2.37. The molecule has 0 fully saturated rings. The molecule has 0 amide bonds. The molecule has 0 bridgehead atoms. The Labute approximate surface area is 118 Å². The molecule has 1 aromatic heterocycles. The minimum absolute atomic E-state index is 0.0563. The van der Waals surface area contributed by atoms with Crippen molar-refractivity contribution in [2.24, 2.45) is 0 Å². The van der Waals surface area contributed by atoms with Gasteiger partial charge < -0.3 is 15.0 Å². The Morgan fingerprint density at radius 3 is 3.05 bits per heavy atom. The summed E-state index contributed by atoms with van der Waals surface area (Å²) in [6, 6.07) is 1.58. The van der Waals surface area contributed by atoms with Gasteiger partial charge in [0.2, 0.25) is 0 Å². The van der Waals surface area contributed by atoms with Crippen molar-refractivity contribution in [2.75, 3.05) is 32.6 Å².